The Morgan fingerprint density at radius 2 is 1.47 bits per heavy atom. The molecule has 3 heteroatoms. The van der Waals surface area contributed by atoms with Crippen molar-refractivity contribution in [1.82, 2.24) is 5.32 Å². The van der Waals surface area contributed by atoms with Crippen LogP contribution >= 0.6 is 0 Å². The molecule has 0 saturated carbocycles. The zero-order chi connectivity index (χ0) is 20.8. The molecule has 30 heavy (non-hydrogen) atoms. The van der Waals surface area contributed by atoms with Crippen molar-refractivity contribution in [3.05, 3.63) is 78.9 Å². The summed E-state index contributed by atoms with van der Waals surface area (Å²) in [4.78, 5) is 12.5. The minimum Gasteiger partial charge on any atom is -0.410 e. The van der Waals surface area contributed by atoms with Crippen LogP contribution in [0.2, 0.25) is 0 Å². The van der Waals surface area contributed by atoms with Gasteiger partial charge >= 0.3 is 6.09 Å². The Balaban J connectivity index is 1.72. The molecule has 4 aromatic rings. The minimum atomic E-state index is -0.400. The summed E-state index contributed by atoms with van der Waals surface area (Å²) in [6.07, 6.45) is 4.05. The smallest absolute Gasteiger partial charge is 0.410 e. The molecule has 4 rings (SSSR count). The van der Waals surface area contributed by atoms with Gasteiger partial charge in [0.1, 0.15) is 5.75 Å². The highest BCUT2D eigenvalue weighted by molar-refractivity contribution is 6.08. The summed E-state index contributed by atoms with van der Waals surface area (Å²) in [5.41, 5.74) is 2.02. The van der Waals surface area contributed by atoms with Crippen molar-refractivity contribution >= 4 is 27.6 Å². The van der Waals surface area contributed by atoms with Crippen molar-refractivity contribution < 1.29 is 9.53 Å². The number of rotatable bonds is 7. The van der Waals surface area contributed by atoms with Gasteiger partial charge in [0.15, 0.2) is 0 Å². The number of fused-ring (bicyclic) bond motifs is 2. The second kappa shape index (κ2) is 9.45. The molecule has 0 heterocycles. The SMILES string of the molecule is CCCCCCNC(=O)Oc1ccc2ccccc2c1-c1cccc2ccccc12. The molecular weight excluding hydrogens is 370 g/mol. The minimum absolute atomic E-state index is 0.400. The van der Waals surface area contributed by atoms with E-state index in [0.717, 1.165) is 45.5 Å². The molecule has 1 amide bonds. The first kappa shape index (κ1) is 20.0. The zero-order valence-corrected chi connectivity index (χ0v) is 17.4. The molecule has 0 aliphatic rings. The maximum absolute atomic E-state index is 12.5. The number of unbranched alkanes of at least 4 members (excludes halogenated alkanes) is 3. The summed E-state index contributed by atoms with van der Waals surface area (Å²) >= 11 is 0. The average Bonchev–Trinajstić information content (AvgIpc) is 2.78. The quantitative estimate of drug-likeness (QED) is 0.332. The second-order valence-electron chi connectivity index (χ2n) is 7.56. The summed E-state index contributed by atoms with van der Waals surface area (Å²) in [5, 5.41) is 7.38. The number of carbonyl (C=O) groups is 1. The summed E-state index contributed by atoms with van der Waals surface area (Å²) in [7, 11) is 0. The monoisotopic (exact) mass is 397 g/mol. The van der Waals surface area contributed by atoms with Gasteiger partial charge in [-0.2, -0.15) is 0 Å². The van der Waals surface area contributed by atoms with Crippen molar-refractivity contribution in [3.63, 3.8) is 0 Å². The molecule has 0 aromatic heterocycles. The summed E-state index contributed by atoms with van der Waals surface area (Å²) < 4.78 is 5.81. The van der Waals surface area contributed by atoms with Crippen LogP contribution in [0.3, 0.4) is 0 Å². The molecule has 0 atom stereocenters. The summed E-state index contributed by atoms with van der Waals surface area (Å²) in [5.74, 6) is 0.580. The third-order valence-electron chi connectivity index (χ3n) is 5.45. The topological polar surface area (TPSA) is 38.3 Å². The van der Waals surface area contributed by atoms with Gasteiger partial charge in [-0.05, 0) is 39.6 Å². The van der Waals surface area contributed by atoms with Gasteiger partial charge < -0.3 is 10.1 Å². The van der Waals surface area contributed by atoms with E-state index in [1.54, 1.807) is 0 Å². The average molecular weight is 398 g/mol. The van der Waals surface area contributed by atoms with E-state index in [4.69, 9.17) is 4.74 Å². The lowest BCUT2D eigenvalue weighted by molar-refractivity contribution is 0.200. The Hall–Kier alpha value is -3.33. The lowest BCUT2D eigenvalue weighted by Crippen LogP contribution is -2.27. The number of carbonyl (C=O) groups excluding carboxylic acids is 1. The maximum atomic E-state index is 12.5. The second-order valence-corrected chi connectivity index (χ2v) is 7.56. The van der Waals surface area contributed by atoms with Gasteiger partial charge in [-0.25, -0.2) is 4.79 Å². The van der Waals surface area contributed by atoms with Crippen molar-refractivity contribution in [3.8, 4) is 16.9 Å². The van der Waals surface area contributed by atoms with Crippen LogP contribution in [0.15, 0.2) is 78.9 Å². The fraction of sp³-hybridized carbons (Fsp3) is 0.222. The zero-order valence-electron chi connectivity index (χ0n) is 17.4. The van der Waals surface area contributed by atoms with Crippen molar-refractivity contribution in [1.29, 1.82) is 0 Å². The molecular formula is C27H27NO2. The number of amides is 1. The van der Waals surface area contributed by atoms with E-state index in [9.17, 15) is 4.79 Å². The first-order valence-corrected chi connectivity index (χ1v) is 10.7. The van der Waals surface area contributed by atoms with Crippen LogP contribution in [-0.4, -0.2) is 12.6 Å². The number of ether oxygens (including phenoxy) is 1. The highest BCUT2D eigenvalue weighted by atomic mass is 16.6. The lowest BCUT2D eigenvalue weighted by Gasteiger charge is -2.16. The molecule has 152 valence electrons. The normalized spacial score (nSPS) is 11.0. The molecule has 0 radical (unpaired) electrons. The van der Waals surface area contributed by atoms with Gasteiger partial charge in [0.25, 0.3) is 0 Å². The van der Waals surface area contributed by atoms with E-state index < -0.39 is 6.09 Å². The Morgan fingerprint density at radius 3 is 2.27 bits per heavy atom. The molecule has 0 saturated heterocycles. The van der Waals surface area contributed by atoms with Crippen LogP contribution in [0.4, 0.5) is 4.79 Å². The van der Waals surface area contributed by atoms with Crippen LogP contribution < -0.4 is 10.1 Å². The van der Waals surface area contributed by atoms with Crippen LogP contribution in [0.1, 0.15) is 32.6 Å². The number of hydrogen-bond donors (Lipinski definition) is 1. The third kappa shape index (κ3) is 4.30. The first-order chi connectivity index (χ1) is 14.8. The fourth-order valence-electron chi connectivity index (χ4n) is 3.94. The van der Waals surface area contributed by atoms with Crippen LogP contribution in [0.5, 0.6) is 5.75 Å². The van der Waals surface area contributed by atoms with Crippen LogP contribution in [0.25, 0.3) is 32.7 Å². The summed E-state index contributed by atoms with van der Waals surface area (Å²) in [6, 6.07) is 26.7. The van der Waals surface area contributed by atoms with E-state index in [1.165, 1.54) is 12.8 Å². The molecule has 0 unspecified atom stereocenters. The first-order valence-electron chi connectivity index (χ1n) is 10.7. The number of nitrogens with one attached hydrogen (secondary N) is 1. The van der Waals surface area contributed by atoms with E-state index in [2.05, 4.69) is 54.7 Å². The van der Waals surface area contributed by atoms with Crippen molar-refractivity contribution in [2.24, 2.45) is 0 Å². The lowest BCUT2D eigenvalue weighted by atomic mass is 9.93. The van der Waals surface area contributed by atoms with E-state index in [0.29, 0.717) is 12.3 Å². The molecule has 1 N–H and O–H groups in total. The van der Waals surface area contributed by atoms with Gasteiger partial charge in [0, 0.05) is 12.1 Å². The number of hydrogen-bond acceptors (Lipinski definition) is 2. The van der Waals surface area contributed by atoms with E-state index >= 15 is 0 Å². The van der Waals surface area contributed by atoms with Gasteiger partial charge in [0.2, 0.25) is 0 Å². The van der Waals surface area contributed by atoms with Crippen molar-refractivity contribution in [2.75, 3.05) is 6.54 Å². The Kier molecular flexibility index (Phi) is 6.29. The Labute approximate surface area is 177 Å². The van der Waals surface area contributed by atoms with Crippen LogP contribution in [-0.2, 0) is 0 Å². The fourth-order valence-corrected chi connectivity index (χ4v) is 3.94. The molecule has 4 aromatic carbocycles. The van der Waals surface area contributed by atoms with E-state index in [1.807, 2.05) is 36.4 Å². The standard InChI is InChI=1S/C27H27NO2/c1-2-3-4-9-19-28-27(29)30-25-18-17-21-12-6-8-15-23(21)26(25)24-16-10-13-20-11-5-7-14-22(20)24/h5-8,10-18H,2-4,9,19H2,1H3,(H,28,29). The Morgan fingerprint density at radius 1 is 0.767 bits per heavy atom. The third-order valence-corrected chi connectivity index (χ3v) is 5.45. The van der Waals surface area contributed by atoms with Gasteiger partial charge in [-0.15, -0.1) is 0 Å². The Bertz CT molecular complexity index is 1160. The van der Waals surface area contributed by atoms with Gasteiger partial charge in [0.05, 0.1) is 0 Å². The molecule has 3 nitrogen and oxygen atoms in total. The molecule has 0 fully saturated rings. The molecule has 0 aliphatic heterocycles. The maximum Gasteiger partial charge on any atom is 0.412 e. The van der Waals surface area contributed by atoms with Gasteiger partial charge in [-0.1, -0.05) is 99.0 Å². The van der Waals surface area contributed by atoms with Gasteiger partial charge in [-0.3, -0.25) is 0 Å². The highest BCUT2D eigenvalue weighted by Crippen LogP contribution is 2.40. The largest absolute Gasteiger partial charge is 0.412 e. The summed E-state index contributed by atoms with van der Waals surface area (Å²) in [6.45, 7) is 2.81. The molecule has 0 spiro atoms. The predicted molar refractivity (Wildman–Crippen MR) is 125 cm³/mol. The predicted octanol–water partition coefficient (Wildman–Crippen LogP) is 7.33. The van der Waals surface area contributed by atoms with Crippen LogP contribution in [0, 0.1) is 0 Å². The molecule has 0 aliphatic carbocycles. The molecule has 0 bridgehead atoms. The van der Waals surface area contributed by atoms with Crippen molar-refractivity contribution in [2.45, 2.75) is 32.6 Å². The number of benzene rings is 4. The highest BCUT2D eigenvalue weighted by Gasteiger charge is 2.16. The van der Waals surface area contributed by atoms with E-state index in [-0.39, 0.29) is 0 Å².